The van der Waals surface area contributed by atoms with E-state index in [9.17, 15) is 18.6 Å². The van der Waals surface area contributed by atoms with E-state index >= 15 is 0 Å². The Balaban J connectivity index is 3.17. The molecule has 0 unspecified atom stereocenters. The molecule has 0 atom stereocenters. The maximum absolute atomic E-state index is 12.4. The Kier molecular flexibility index (Phi) is 4.44. The molecule has 108 valence electrons. The fraction of sp³-hybridized carbons (Fsp3) is 0.500. The topological polar surface area (TPSA) is 104 Å². The number of phenols is 1. The number of benzene rings is 1. The molecule has 19 heavy (non-hydrogen) atoms. The Hall–Kier alpha value is -1.31. The van der Waals surface area contributed by atoms with Gasteiger partial charge in [-0.15, -0.1) is 0 Å². The summed E-state index contributed by atoms with van der Waals surface area (Å²) in [6, 6.07) is 3.73. The van der Waals surface area contributed by atoms with E-state index in [1.54, 1.807) is 6.92 Å². The van der Waals surface area contributed by atoms with E-state index < -0.39 is 15.6 Å². The van der Waals surface area contributed by atoms with Gasteiger partial charge in [0.2, 0.25) is 10.0 Å². The molecule has 0 bridgehead atoms. The highest BCUT2D eigenvalue weighted by molar-refractivity contribution is 7.89. The van der Waals surface area contributed by atoms with Gasteiger partial charge in [-0.25, -0.2) is 8.42 Å². The van der Waals surface area contributed by atoms with Crippen molar-refractivity contribution in [2.75, 3.05) is 18.8 Å². The fourth-order valence-electron chi connectivity index (χ4n) is 1.64. The molecule has 0 radical (unpaired) electrons. The summed E-state index contributed by atoms with van der Waals surface area (Å²) < 4.78 is 25.9. The summed E-state index contributed by atoms with van der Waals surface area (Å²) in [7, 11) is -3.74. The minimum absolute atomic E-state index is 0.000358. The molecule has 1 rings (SSSR count). The monoisotopic (exact) mass is 288 g/mol. The Morgan fingerprint density at radius 1 is 1.37 bits per heavy atom. The third-order valence-electron chi connectivity index (χ3n) is 2.55. The van der Waals surface area contributed by atoms with Crippen molar-refractivity contribution in [3.63, 3.8) is 0 Å². The van der Waals surface area contributed by atoms with Crippen LogP contribution in [-0.4, -0.2) is 41.6 Å². The standard InChI is InChI=1S/C12H20N2O4S/c1-4-14(8-12(2,3)16)19(17,18)9-5-6-11(15)10(13)7-9/h5-7,15-16H,4,8,13H2,1-3H3. The molecule has 0 spiro atoms. The van der Waals surface area contributed by atoms with Crippen molar-refractivity contribution in [1.29, 1.82) is 0 Å². The van der Waals surface area contributed by atoms with Crippen LogP contribution in [0.25, 0.3) is 0 Å². The summed E-state index contributed by atoms with van der Waals surface area (Å²) in [6.45, 7) is 4.97. The van der Waals surface area contributed by atoms with Crippen molar-refractivity contribution in [2.45, 2.75) is 31.3 Å². The zero-order valence-electron chi connectivity index (χ0n) is 11.3. The number of aromatic hydroxyl groups is 1. The van der Waals surface area contributed by atoms with Crippen molar-refractivity contribution < 1.29 is 18.6 Å². The van der Waals surface area contributed by atoms with Crippen LogP contribution in [-0.2, 0) is 10.0 Å². The Morgan fingerprint density at radius 2 is 1.95 bits per heavy atom. The molecule has 1 aromatic carbocycles. The number of anilines is 1. The third-order valence-corrected chi connectivity index (χ3v) is 4.47. The molecule has 0 saturated carbocycles. The van der Waals surface area contributed by atoms with E-state index in [1.165, 1.54) is 36.4 Å². The van der Waals surface area contributed by atoms with Gasteiger partial charge in [0.25, 0.3) is 0 Å². The molecule has 0 fully saturated rings. The lowest BCUT2D eigenvalue weighted by Crippen LogP contribution is -2.42. The molecular formula is C12H20N2O4S. The summed E-state index contributed by atoms with van der Waals surface area (Å²) in [4.78, 5) is -0.00565. The second-order valence-electron chi connectivity index (χ2n) is 4.96. The number of hydrogen-bond acceptors (Lipinski definition) is 5. The molecule has 6 nitrogen and oxygen atoms in total. The zero-order valence-corrected chi connectivity index (χ0v) is 12.1. The molecule has 0 amide bonds. The van der Waals surface area contributed by atoms with Gasteiger partial charge in [0.05, 0.1) is 16.2 Å². The van der Waals surface area contributed by atoms with Crippen LogP contribution in [0.4, 0.5) is 5.69 Å². The third kappa shape index (κ3) is 3.82. The molecule has 0 heterocycles. The van der Waals surface area contributed by atoms with E-state index in [-0.39, 0.29) is 29.4 Å². The van der Waals surface area contributed by atoms with Crippen LogP contribution in [0.5, 0.6) is 5.75 Å². The quantitative estimate of drug-likeness (QED) is 0.548. The van der Waals surface area contributed by atoms with Gasteiger partial charge in [0.15, 0.2) is 0 Å². The average molecular weight is 288 g/mol. The van der Waals surface area contributed by atoms with Gasteiger partial charge >= 0.3 is 0 Å². The number of sulfonamides is 1. The van der Waals surface area contributed by atoms with E-state index in [0.29, 0.717) is 0 Å². The van der Waals surface area contributed by atoms with Crippen LogP contribution >= 0.6 is 0 Å². The minimum atomic E-state index is -3.74. The van der Waals surface area contributed by atoms with Crippen LogP contribution < -0.4 is 5.73 Å². The van der Waals surface area contributed by atoms with Crippen LogP contribution in [0.3, 0.4) is 0 Å². The Labute approximate surface area is 113 Å². The van der Waals surface area contributed by atoms with Crippen LogP contribution in [0.2, 0.25) is 0 Å². The number of hydrogen-bond donors (Lipinski definition) is 3. The van der Waals surface area contributed by atoms with Crippen LogP contribution in [0.1, 0.15) is 20.8 Å². The van der Waals surface area contributed by atoms with E-state index in [0.717, 1.165) is 0 Å². The SMILES string of the molecule is CCN(CC(C)(C)O)S(=O)(=O)c1ccc(O)c(N)c1. The first-order valence-electron chi connectivity index (χ1n) is 5.89. The first-order chi connectivity index (χ1) is 8.58. The summed E-state index contributed by atoms with van der Waals surface area (Å²) in [5.74, 6) is -0.163. The molecule has 0 saturated heterocycles. The second kappa shape index (κ2) is 5.36. The first-order valence-corrected chi connectivity index (χ1v) is 7.33. The highest BCUT2D eigenvalue weighted by Crippen LogP contribution is 2.25. The van der Waals surface area contributed by atoms with Gasteiger partial charge in [-0.2, -0.15) is 4.31 Å². The van der Waals surface area contributed by atoms with Crippen molar-refractivity contribution in [3.8, 4) is 5.75 Å². The molecule has 0 aliphatic rings. The highest BCUT2D eigenvalue weighted by atomic mass is 32.2. The van der Waals surface area contributed by atoms with Gasteiger partial charge in [-0.3, -0.25) is 0 Å². The first kappa shape index (κ1) is 15.7. The van der Waals surface area contributed by atoms with Gasteiger partial charge < -0.3 is 15.9 Å². The van der Waals surface area contributed by atoms with Gasteiger partial charge in [0, 0.05) is 13.1 Å². The second-order valence-corrected chi connectivity index (χ2v) is 6.90. The predicted molar refractivity (Wildman–Crippen MR) is 73.2 cm³/mol. The summed E-state index contributed by atoms with van der Waals surface area (Å²) >= 11 is 0. The van der Waals surface area contributed by atoms with Crippen molar-refractivity contribution in [3.05, 3.63) is 18.2 Å². The lowest BCUT2D eigenvalue weighted by Gasteiger charge is -2.27. The molecular weight excluding hydrogens is 268 g/mol. The number of nitrogens with two attached hydrogens (primary N) is 1. The summed E-state index contributed by atoms with van der Waals surface area (Å²) in [6.07, 6.45) is 0. The van der Waals surface area contributed by atoms with Gasteiger partial charge in [0.1, 0.15) is 5.75 Å². The molecule has 7 heteroatoms. The maximum Gasteiger partial charge on any atom is 0.243 e. The number of rotatable bonds is 5. The highest BCUT2D eigenvalue weighted by Gasteiger charge is 2.28. The Morgan fingerprint density at radius 3 is 2.37 bits per heavy atom. The predicted octanol–water partition coefficient (Wildman–Crippen LogP) is 0.756. The largest absolute Gasteiger partial charge is 0.506 e. The average Bonchev–Trinajstić information content (AvgIpc) is 2.28. The summed E-state index contributed by atoms with van der Waals surface area (Å²) in [5, 5.41) is 19.1. The van der Waals surface area contributed by atoms with Gasteiger partial charge in [-0.05, 0) is 32.0 Å². The number of nitrogen functional groups attached to an aromatic ring is 1. The van der Waals surface area contributed by atoms with E-state index in [1.807, 2.05) is 0 Å². The molecule has 1 aromatic rings. The maximum atomic E-state index is 12.4. The molecule has 0 aliphatic heterocycles. The lowest BCUT2D eigenvalue weighted by atomic mass is 10.1. The lowest BCUT2D eigenvalue weighted by molar-refractivity contribution is 0.0601. The van der Waals surface area contributed by atoms with Crippen molar-refractivity contribution in [1.82, 2.24) is 4.31 Å². The molecule has 0 aliphatic carbocycles. The van der Waals surface area contributed by atoms with E-state index in [2.05, 4.69) is 0 Å². The minimum Gasteiger partial charge on any atom is -0.506 e. The van der Waals surface area contributed by atoms with Crippen LogP contribution in [0.15, 0.2) is 23.1 Å². The zero-order chi connectivity index (χ0) is 14.8. The normalized spacial score (nSPS) is 12.9. The number of likely N-dealkylation sites (N-methyl/N-ethyl adjacent to an activating group) is 1. The fourth-order valence-corrected chi connectivity index (χ4v) is 3.28. The van der Waals surface area contributed by atoms with Crippen LogP contribution in [0, 0.1) is 0 Å². The molecule has 4 N–H and O–H groups in total. The summed E-state index contributed by atoms with van der Waals surface area (Å²) in [5.41, 5.74) is 4.37. The Bertz CT molecular complexity index is 549. The van der Waals surface area contributed by atoms with Gasteiger partial charge in [-0.1, -0.05) is 6.92 Å². The number of aliphatic hydroxyl groups is 1. The smallest absolute Gasteiger partial charge is 0.243 e. The molecule has 0 aromatic heterocycles. The van der Waals surface area contributed by atoms with E-state index in [4.69, 9.17) is 5.73 Å². The van der Waals surface area contributed by atoms with Crippen molar-refractivity contribution in [2.24, 2.45) is 0 Å². The van der Waals surface area contributed by atoms with Crippen molar-refractivity contribution >= 4 is 15.7 Å². The number of phenolic OH excluding ortho intramolecular Hbond substituents is 1. The number of nitrogens with zero attached hydrogens (tertiary/aromatic N) is 1.